The van der Waals surface area contributed by atoms with E-state index in [1.165, 1.54) is 6.26 Å². The molecule has 3 heterocycles. The largest absolute Gasteiger partial charge is 0.461 e. The fraction of sp³-hybridized carbons (Fsp3) is 0.118. The van der Waals surface area contributed by atoms with Crippen molar-refractivity contribution in [3.8, 4) is 11.6 Å². The van der Waals surface area contributed by atoms with E-state index < -0.39 is 11.9 Å². The number of nitrogens with two attached hydrogens (primary N) is 1. The predicted octanol–water partition coefficient (Wildman–Crippen LogP) is 3.62. The van der Waals surface area contributed by atoms with Crippen molar-refractivity contribution in [3.63, 3.8) is 0 Å². The fourth-order valence-corrected chi connectivity index (χ4v) is 3.28. The van der Waals surface area contributed by atoms with Crippen molar-refractivity contribution in [1.82, 2.24) is 14.8 Å². The Balaban J connectivity index is 1.91. The van der Waals surface area contributed by atoms with Gasteiger partial charge in [0.2, 0.25) is 17.7 Å². The number of hydrogen-bond acceptors (Lipinski definition) is 5. The van der Waals surface area contributed by atoms with Crippen LogP contribution in [0.3, 0.4) is 0 Å². The molecule has 3 aromatic rings. The molecule has 0 saturated heterocycles. The summed E-state index contributed by atoms with van der Waals surface area (Å²) in [7, 11) is 0. The molecule has 1 amide bonds. The minimum absolute atomic E-state index is 0.367. The number of benzene rings is 1. The summed E-state index contributed by atoms with van der Waals surface area (Å²) < 4.78 is 6.95. The lowest BCUT2D eigenvalue weighted by molar-refractivity contribution is -0.115. The maximum Gasteiger partial charge on any atom is 0.248 e. The van der Waals surface area contributed by atoms with Gasteiger partial charge in [0.05, 0.1) is 21.9 Å². The number of anilines is 1. The van der Waals surface area contributed by atoms with Crippen LogP contribution in [0.25, 0.3) is 11.6 Å². The highest BCUT2D eigenvalue weighted by Crippen LogP contribution is 2.37. The number of fused-ring (bicyclic) bond motifs is 1. The Hall–Kier alpha value is -2.77. The van der Waals surface area contributed by atoms with Crippen LogP contribution in [0.15, 0.2) is 52.3 Å². The molecule has 2 aromatic heterocycles. The van der Waals surface area contributed by atoms with Gasteiger partial charge in [-0.15, -0.1) is 5.10 Å². The molecule has 0 radical (unpaired) electrons. The summed E-state index contributed by atoms with van der Waals surface area (Å²) in [5.41, 5.74) is 7.31. The first kappa shape index (κ1) is 16.7. The molecule has 132 valence electrons. The number of furan rings is 1. The second-order valence-corrected chi connectivity index (χ2v) is 6.60. The summed E-state index contributed by atoms with van der Waals surface area (Å²) in [6, 6.07) is 8.04. The third-order valence-electron chi connectivity index (χ3n) is 4.12. The number of rotatable bonds is 3. The van der Waals surface area contributed by atoms with Crippen LogP contribution in [-0.2, 0) is 4.79 Å². The Morgan fingerprint density at radius 3 is 2.77 bits per heavy atom. The van der Waals surface area contributed by atoms with E-state index in [0.29, 0.717) is 44.4 Å². The molecule has 1 aliphatic rings. The zero-order valence-corrected chi connectivity index (χ0v) is 15.0. The minimum atomic E-state index is -0.588. The first-order chi connectivity index (χ1) is 12.5. The van der Waals surface area contributed by atoms with Gasteiger partial charge in [0, 0.05) is 5.70 Å². The number of amides is 1. The van der Waals surface area contributed by atoms with Crippen LogP contribution >= 0.6 is 23.2 Å². The third-order valence-corrected chi connectivity index (χ3v) is 4.86. The first-order valence-corrected chi connectivity index (χ1v) is 8.44. The number of halogens is 2. The summed E-state index contributed by atoms with van der Waals surface area (Å²) >= 11 is 12.2. The summed E-state index contributed by atoms with van der Waals surface area (Å²) in [5, 5.41) is 8.36. The molecule has 9 heteroatoms. The monoisotopic (exact) mass is 389 g/mol. The van der Waals surface area contributed by atoms with Crippen LogP contribution in [0, 0.1) is 0 Å². The van der Waals surface area contributed by atoms with Gasteiger partial charge in [-0.05, 0) is 36.8 Å². The van der Waals surface area contributed by atoms with Gasteiger partial charge < -0.3 is 15.5 Å². The Bertz CT molecular complexity index is 1040. The SMILES string of the molecule is CC1=C(C(N)=O)C(c2ccc(Cl)c(Cl)c2)n2nc(-c3ccco3)nc2N1. The molecule has 7 nitrogen and oxygen atoms in total. The molecule has 1 aromatic carbocycles. The number of allylic oxidation sites excluding steroid dienone is 1. The summed E-state index contributed by atoms with van der Waals surface area (Å²) in [6.45, 7) is 1.76. The van der Waals surface area contributed by atoms with Crippen molar-refractivity contribution < 1.29 is 9.21 Å². The van der Waals surface area contributed by atoms with Gasteiger partial charge in [-0.3, -0.25) is 4.79 Å². The number of carbonyl (C=O) groups excluding carboxylic acids is 1. The maximum atomic E-state index is 12.1. The molecule has 1 aliphatic heterocycles. The number of primary amides is 1. The third kappa shape index (κ3) is 2.65. The molecular weight excluding hydrogens is 377 g/mol. The van der Waals surface area contributed by atoms with Gasteiger partial charge in [-0.25, -0.2) is 4.68 Å². The molecule has 0 fully saturated rings. The zero-order valence-electron chi connectivity index (χ0n) is 13.5. The summed E-state index contributed by atoms with van der Waals surface area (Å²) in [6.07, 6.45) is 1.54. The fourth-order valence-electron chi connectivity index (χ4n) is 2.97. The molecule has 1 atom stereocenters. The van der Waals surface area contributed by atoms with Gasteiger partial charge in [0.25, 0.3) is 0 Å². The topological polar surface area (TPSA) is 99.0 Å². The van der Waals surface area contributed by atoms with Gasteiger partial charge >= 0.3 is 0 Å². The molecule has 3 N–H and O–H groups in total. The summed E-state index contributed by atoms with van der Waals surface area (Å²) in [5.74, 6) is 0.808. The highest BCUT2D eigenvalue weighted by Gasteiger charge is 2.33. The maximum absolute atomic E-state index is 12.1. The van der Waals surface area contributed by atoms with E-state index in [9.17, 15) is 4.79 Å². The highest BCUT2D eigenvalue weighted by atomic mass is 35.5. The average Bonchev–Trinajstić information content (AvgIpc) is 3.24. The van der Waals surface area contributed by atoms with Crippen LogP contribution in [-0.4, -0.2) is 20.7 Å². The number of aromatic nitrogens is 3. The quantitative estimate of drug-likeness (QED) is 0.712. The molecular formula is C17H13Cl2N5O2. The molecule has 4 rings (SSSR count). The highest BCUT2D eigenvalue weighted by molar-refractivity contribution is 6.42. The lowest BCUT2D eigenvalue weighted by Gasteiger charge is -2.27. The molecule has 26 heavy (non-hydrogen) atoms. The van der Waals surface area contributed by atoms with Crippen molar-refractivity contribution >= 4 is 35.1 Å². The average molecular weight is 390 g/mol. The number of hydrogen-bond donors (Lipinski definition) is 2. The van der Waals surface area contributed by atoms with Crippen LogP contribution in [0.5, 0.6) is 0 Å². The van der Waals surface area contributed by atoms with Gasteiger partial charge in [0.1, 0.15) is 6.04 Å². The zero-order chi connectivity index (χ0) is 18.4. The minimum Gasteiger partial charge on any atom is -0.461 e. The van der Waals surface area contributed by atoms with E-state index in [1.807, 2.05) is 0 Å². The van der Waals surface area contributed by atoms with E-state index >= 15 is 0 Å². The van der Waals surface area contributed by atoms with E-state index in [-0.39, 0.29) is 0 Å². The Labute approximate surface area is 158 Å². The molecule has 1 unspecified atom stereocenters. The van der Waals surface area contributed by atoms with Crippen LogP contribution < -0.4 is 11.1 Å². The normalized spacial score (nSPS) is 16.3. The molecule has 0 spiro atoms. The number of nitrogens with one attached hydrogen (secondary N) is 1. The predicted molar refractivity (Wildman–Crippen MR) is 97.8 cm³/mol. The van der Waals surface area contributed by atoms with Gasteiger partial charge in [-0.2, -0.15) is 4.98 Å². The van der Waals surface area contributed by atoms with Crippen molar-refractivity contribution in [1.29, 1.82) is 0 Å². The van der Waals surface area contributed by atoms with Gasteiger partial charge in [0.15, 0.2) is 5.76 Å². The lowest BCUT2D eigenvalue weighted by Crippen LogP contribution is -2.31. The second-order valence-electron chi connectivity index (χ2n) is 5.78. The van der Waals surface area contributed by atoms with Gasteiger partial charge in [-0.1, -0.05) is 29.3 Å². The van der Waals surface area contributed by atoms with Crippen molar-refractivity contribution in [3.05, 3.63) is 63.5 Å². The van der Waals surface area contributed by atoms with E-state index in [2.05, 4.69) is 15.4 Å². The van der Waals surface area contributed by atoms with Crippen LogP contribution in [0.1, 0.15) is 18.5 Å². The van der Waals surface area contributed by atoms with E-state index in [4.69, 9.17) is 33.4 Å². The Morgan fingerprint density at radius 1 is 1.31 bits per heavy atom. The number of carbonyl (C=O) groups is 1. The molecule has 0 aliphatic carbocycles. The summed E-state index contributed by atoms with van der Waals surface area (Å²) in [4.78, 5) is 16.6. The lowest BCUT2D eigenvalue weighted by atomic mass is 9.95. The van der Waals surface area contributed by atoms with Crippen LogP contribution in [0.4, 0.5) is 5.95 Å². The van der Waals surface area contributed by atoms with Crippen molar-refractivity contribution in [2.75, 3.05) is 5.32 Å². The standard InChI is InChI=1S/C17H13Cl2N5O2/c1-8-13(15(20)25)14(9-4-5-10(18)11(19)7-9)24-17(21-8)22-16(23-24)12-3-2-6-26-12/h2-7,14H,1H3,(H2,20,25)(H,21,22,23). The molecule has 0 bridgehead atoms. The first-order valence-electron chi connectivity index (χ1n) is 7.68. The van der Waals surface area contributed by atoms with Crippen LogP contribution in [0.2, 0.25) is 10.0 Å². The Kier molecular flexibility index (Phi) is 3.97. The van der Waals surface area contributed by atoms with Crippen molar-refractivity contribution in [2.24, 2.45) is 5.73 Å². The van der Waals surface area contributed by atoms with E-state index in [0.717, 1.165) is 0 Å². The smallest absolute Gasteiger partial charge is 0.248 e. The Morgan fingerprint density at radius 2 is 2.12 bits per heavy atom. The second kappa shape index (κ2) is 6.19. The van der Waals surface area contributed by atoms with Crippen molar-refractivity contribution in [2.45, 2.75) is 13.0 Å². The molecule has 0 saturated carbocycles. The number of nitrogens with zero attached hydrogens (tertiary/aromatic N) is 3. The van der Waals surface area contributed by atoms with E-state index in [1.54, 1.807) is 41.9 Å².